The number of hydrogen-bond donors (Lipinski definition) is 2. The Hall–Kier alpha value is -3.55. The molecule has 0 radical (unpaired) electrons. The molecule has 2 aromatic rings. The fourth-order valence-electron chi connectivity index (χ4n) is 2.56. The van der Waals surface area contributed by atoms with Gasteiger partial charge in [0.25, 0.3) is 11.8 Å². The monoisotopic (exact) mass is 384 g/mol. The fourth-order valence-corrected chi connectivity index (χ4v) is 2.56. The number of ether oxygens (including phenoxy) is 3. The van der Waals surface area contributed by atoms with Gasteiger partial charge >= 0.3 is 5.97 Å². The van der Waals surface area contributed by atoms with Crippen molar-refractivity contribution in [3.8, 4) is 11.5 Å². The Labute approximate surface area is 161 Å². The number of hydrogen-bond acceptors (Lipinski definition) is 6. The van der Waals surface area contributed by atoms with Gasteiger partial charge in [0.05, 0.1) is 5.56 Å². The summed E-state index contributed by atoms with van der Waals surface area (Å²) in [6.07, 6.45) is -0.910. The number of carbonyl (C=O) groups excluding carboxylic acids is 3. The SMILES string of the molecule is Cc1ccc(C)c(C(=O)OCC(=O)NNC(=O)[C@@H]2COc3ccccc3O2)c1. The van der Waals surface area contributed by atoms with Crippen LogP contribution in [0.5, 0.6) is 11.5 Å². The van der Waals surface area contributed by atoms with Crippen LogP contribution in [0.4, 0.5) is 0 Å². The van der Waals surface area contributed by atoms with Crippen molar-refractivity contribution in [2.75, 3.05) is 13.2 Å². The van der Waals surface area contributed by atoms with E-state index in [1.54, 1.807) is 43.3 Å². The van der Waals surface area contributed by atoms with Gasteiger partial charge in [-0.15, -0.1) is 0 Å². The van der Waals surface area contributed by atoms with E-state index in [2.05, 4.69) is 10.9 Å². The van der Waals surface area contributed by atoms with Gasteiger partial charge in [0, 0.05) is 0 Å². The lowest BCUT2D eigenvalue weighted by molar-refractivity contribution is -0.135. The second-order valence-electron chi connectivity index (χ2n) is 6.30. The smallest absolute Gasteiger partial charge is 0.338 e. The molecule has 28 heavy (non-hydrogen) atoms. The summed E-state index contributed by atoms with van der Waals surface area (Å²) in [6, 6.07) is 12.3. The first kappa shape index (κ1) is 19.2. The Bertz CT molecular complexity index is 911. The molecule has 0 aromatic heterocycles. The molecule has 1 aliphatic rings. The van der Waals surface area contributed by atoms with Crippen molar-refractivity contribution < 1.29 is 28.6 Å². The Morgan fingerprint density at radius 2 is 1.82 bits per heavy atom. The molecule has 1 aliphatic heterocycles. The second kappa shape index (κ2) is 8.43. The lowest BCUT2D eigenvalue weighted by Crippen LogP contribution is -2.51. The van der Waals surface area contributed by atoms with Crippen LogP contribution in [0.1, 0.15) is 21.5 Å². The zero-order valence-electron chi connectivity index (χ0n) is 15.5. The minimum Gasteiger partial charge on any atom is -0.485 e. The highest BCUT2D eigenvalue weighted by atomic mass is 16.6. The summed E-state index contributed by atoms with van der Waals surface area (Å²) >= 11 is 0. The maximum absolute atomic E-state index is 12.1. The molecule has 0 aliphatic carbocycles. The maximum Gasteiger partial charge on any atom is 0.338 e. The molecule has 1 atom stereocenters. The van der Waals surface area contributed by atoms with Crippen LogP contribution in [0, 0.1) is 13.8 Å². The zero-order chi connectivity index (χ0) is 20.1. The standard InChI is InChI=1S/C20H20N2O6/c1-12-7-8-13(2)14(9-12)20(25)27-11-18(23)21-22-19(24)17-10-26-15-5-3-4-6-16(15)28-17/h3-9,17H,10-11H2,1-2H3,(H,21,23)(H,22,24)/t17-/m0/s1. The van der Waals surface area contributed by atoms with Crippen LogP contribution >= 0.6 is 0 Å². The largest absolute Gasteiger partial charge is 0.485 e. The summed E-state index contributed by atoms with van der Waals surface area (Å²) in [5.41, 5.74) is 6.47. The Morgan fingerprint density at radius 1 is 1.07 bits per heavy atom. The average Bonchev–Trinajstić information content (AvgIpc) is 2.71. The van der Waals surface area contributed by atoms with Crippen LogP contribution in [0.25, 0.3) is 0 Å². The quantitative estimate of drug-likeness (QED) is 0.611. The van der Waals surface area contributed by atoms with Gasteiger partial charge in [0.1, 0.15) is 6.61 Å². The highest BCUT2D eigenvalue weighted by Gasteiger charge is 2.27. The van der Waals surface area contributed by atoms with Crippen LogP contribution in [0.2, 0.25) is 0 Å². The first-order valence-corrected chi connectivity index (χ1v) is 8.65. The molecule has 146 valence electrons. The molecule has 0 bridgehead atoms. The normalized spacial score (nSPS) is 14.7. The Balaban J connectivity index is 1.45. The van der Waals surface area contributed by atoms with Crippen molar-refractivity contribution in [2.45, 2.75) is 20.0 Å². The van der Waals surface area contributed by atoms with Crippen molar-refractivity contribution in [3.05, 3.63) is 59.2 Å². The number of aryl methyl sites for hydroxylation is 2. The minimum atomic E-state index is -0.910. The number of benzene rings is 2. The highest BCUT2D eigenvalue weighted by molar-refractivity contribution is 5.93. The molecule has 0 spiro atoms. The molecule has 0 saturated carbocycles. The predicted octanol–water partition coefficient (Wildman–Crippen LogP) is 1.45. The van der Waals surface area contributed by atoms with Crippen LogP contribution in [0.3, 0.4) is 0 Å². The van der Waals surface area contributed by atoms with Gasteiger partial charge in [-0.25, -0.2) is 4.79 Å². The van der Waals surface area contributed by atoms with Gasteiger partial charge in [-0.1, -0.05) is 29.8 Å². The third-order valence-electron chi connectivity index (χ3n) is 4.07. The van der Waals surface area contributed by atoms with Gasteiger partial charge in [-0.05, 0) is 37.6 Å². The molecule has 2 aromatic carbocycles. The van der Waals surface area contributed by atoms with E-state index in [9.17, 15) is 14.4 Å². The highest BCUT2D eigenvalue weighted by Crippen LogP contribution is 2.30. The Kier molecular flexibility index (Phi) is 5.78. The van der Waals surface area contributed by atoms with Crippen molar-refractivity contribution >= 4 is 17.8 Å². The van der Waals surface area contributed by atoms with Gasteiger partial charge in [-0.3, -0.25) is 20.4 Å². The number of carbonyl (C=O) groups is 3. The van der Waals surface area contributed by atoms with E-state index in [0.29, 0.717) is 17.1 Å². The van der Waals surface area contributed by atoms with Crippen molar-refractivity contribution in [1.29, 1.82) is 0 Å². The molecule has 3 rings (SSSR count). The van der Waals surface area contributed by atoms with Gasteiger partial charge in [0.2, 0.25) is 6.10 Å². The summed E-state index contributed by atoms with van der Waals surface area (Å²) in [4.78, 5) is 36.1. The fraction of sp³-hybridized carbons (Fsp3) is 0.250. The topological polar surface area (TPSA) is 103 Å². The molecular formula is C20H20N2O6. The van der Waals surface area contributed by atoms with E-state index in [4.69, 9.17) is 14.2 Å². The first-order valence-electron chi connectivity index (χ1n) is 8.65. The summed E-state index contributed by atoms with van der Waals surface area (Å²) < 4.78 is 16.0. The van der Waals surface area contributed by atoms with Crippen LogP contribution in [0.15, 0.2) is 42.5 Å². The van der Waals surface area contributed by atoms with E-state index < -0.39 is 30.5 Å². The van der Waals surface area contributed by atoms with Crippen molar-refractivity contribution in [3.63, 3.8) is 0 Å². The van der Waals surface area contributed by atoms with Gasteiger partial charge in [-0.2, -0.15) is 0 Å². The van der Waals surface area contributed by atoms with Crippen LogP contribution in [-0.2, 0) is 14.3 Å². The van der Waals surface area contributed by atoms with E-state index in [-0.39, 0.29) is 6.61 Å². The Morgan fingerprint density at radius 3 is 2.61 bits per heavy atom. The molecule has 1 heterocycles. The van der Waals surface area contributed by atoms with E-state index in [1.165, 1.54) is 0 Å². The zero-order valence-corrected chi connectivity index (χ0v) is 15.5. The average molecular weight is 384 g/mol. The maximum atomic E-state index is 12.1. The first-order chi connectivity index (χ1) is 13.4. The summed E-state index contributed by atoms with van der Waals surface area (Å²) in [5, 5.41) is 0. The van der Waals surface area contributed by atoms with E-state index >= 15 is 0 Å². The van der Waals surface area contributed by atoms with Crippen LogP contribution in [-0.4, -0.2) is 37.1 Å². The number of nitrogens with one attached hydrogen (secondary N) is 2. The molecule has 0 fully saturated rings. The van der Waals surface area contributed by atoms with Crippen LogP contribution < -0.4 is 20.3 Å². The molecule has 0 saturated heterocycles. The van der Waals surface area contributed by atoms with E-state index in [1.807, 2.05) is 13.0 Å². The summed E-state index contributed by atoms with van der Waals surface area (Å²) in [5.74, 6) is -0.868. The number of para-hydroxylation sites is 2. The molecule has 2 amide bonds. The van der Waals surface area contributed by atoms with Crippen molar-refractivity contribution in [1.82, 2.24) is 10.9 Å². The van der Waals surface area contributed by atoms with Crippen molar-refractivity contribution in [2.24, 2.45) is 0 Å². The van der Waals surface area contributed by atoms with E-state index in [0.717, 1.165) is 11.1 Å². The molecule has 8 heteroatoms. The van der Waals surface area contributed by atoms with Gasteiger partial charge in [0.15, 0.2) is 18.1 Å². The number of hydrazine groups is 1. The summed E-state index contributed by atoms with van der Waals surface area (Å²) in [7, 11) is 0. The number of fused-ring (bicyclic) bond motifs is 1. The third kappa shape index (κ3) is 4.59. The third-order valence-corrected chi connectivity index (χ3v) is 4.07. The predicted molar refractivity (Wildman–Crippen MR) is 98.8 cm³/mol. The second-order valence-corrected chi connectivity index (χ2v) is 6.30. The van der Waals surface area contributed by atoms with Gasteiger partial charge < -0.3 is 14.2 Å². The number of rotatable bonds is 4. The number of amides is 2. The minimum absolute atomic E-state index is 0.0142. The molecular weight excluding hydrogens is 364 g/mol. The molecule has 2 N–H and O–H groups in total. The summed E-state index contributed by atoms with van der Waals surface area (Å²) in [6.45, 7) is 3.12. The lowest BCUT2D eigenvalue weighted by Gasteiger charge is -2.25. The lowest BCUT2D eigenvalue weighted by atomic mass is 10.1. The number of esters is 1. The molecule has 8 nitrogen and oxygen atoms in total. The molecule has 0 unspecified atom stereocenters.